The fourth-order valence-electron chi connectivity index (χ4n) is 0.498. The van der Waals surface area contributed by atoms with Gasteiger partial charge in [0.15, 0.2) is 0 Å². The molecule has 0 aliphatic carbocycles. The topological polar surface area (TPSA) is 12.0 Å². The first-order chi connectivity index (χ1) is 4.20. The molecule has 0 radical (unpaired) electrons. The second-order valence-corrected chi connectivity index (χ2v) is 2.88. The minimum absolute atomic E-state index is 0.459. The summed E-state index contributed by atoms with van der Waals surface area (Å²) in [4.78, 5) is 0. The molecule has 0 aromatic heterocycles. The Morgan fingerprint density at radius 1 is 1.33 bits per heavy atom. The molecule has 0 saturated heterocycles. The third kappa shape index (κ3) is 1.78. The van der Waals surface area contributed by atoms with Gasteiger partial charge in [0, 0.05) is 5.03 Å². The normalized spacial score (nSPS) is 19.2. The SMILES string of the molecule is ClC1=CC(Cl)=C(Cl)NC1. The lowest BCUT2D eigenvalue weighted by Gasteiger charge is -2.09. The Hall–Kier alpha value is 0.150. The lowest BCUT2D eigenvalue weighted by atomic mass is 10.4. The largest absolute Gasteiger partial charge is 0.370 e. The van der Waals surface area contributed by atoms with Crippen molar-refractivity contribution in [3.63, 3.8) is 0 Å². The average molecular weight is 184 g/mol. The first-order valence-electron chi connectivity index (χ1n) is 2.35. The van der Waals surface area contributed by atoms with Gasteiger partial charge in [-0.15, -0.1) is 0 Å². The Labute approximate surface area is 68.3 Å². The molecular formula is C5H4Cl3N. The summed E-state index contributed by atoms with van der Waals surface area (Å²) in [7, 11) is 0. The molecule has 9 heavy (non-hydrogen) atoms. The van der Waals surface area contributed by atoms with Crippen LogP contribution in [0.5, 0.6) is 0 Å². The Morgan fingerprint density at radius 3 is 2.44 bits per heavy atom. The molecule has 1 rings (SSSR count). The Morgan fingerprint density at radius 2 is 2.00 bits per heavy atom. The zero-order chi connectivity index (χ0) is 6.85. The summed E-state index contributed by atoms with van der Waals surface area (Å²) in [5.41, 5.74) is 0. The predicted molar refractivity (Wildman–Crippen MR) is 40.7 cm³/mol. The van der Waals surface area contributed by atoms with Crippen LogP contribution in [0, 0.1) is 0 Å². The number of rotatable bonds is 0. The molecule has 0 amide bonds. The molecule has 4 heteroatoms. The first kappa shape index (κ1) is 7.26. The number of allylic oxidation sites excluding steroid dienone is 2. The number of halogens is 3. The second-order valence-electron chi connectivity index (χ2n) is 1.61. The van der Waals surface area contributed by atoms with Gasteiger partial charge in [0.2, 0.25) is 0 Å². The minimum Gasteiger partial charge on any atom is -0.370 e. The molecule has 0 bridgehead atoms. The number of hydrogen-bond donors (Lipinski definition) is 1. The van der Waals surface area contributed by atoms with Crippen molar-refractivity contribution in [2.75, 3.05) is 6.54 Å². The van der Waals surface area contributed by atoms with Gasteiger partial charge in [0.1, 0.15) is 5.16 Å². The zero-order valence-electron chi connectivity index (χ0n) is 4.42. The monoisotopic (exact) mass is 183 g/mol. The summed E-state index contributed by atoms with van der Waals surface area (Å²) >= 11 is 16.8. The van der Waals surface area contributed by atoms with Crippen molar-refractivity contribution in [2.45, 2.75) is 0 Å². The van der Waals surface area contributed by atoms with Gasteiger partial charge in [-0.05, 0) is 6.08 Å². The van der Waals surface area contributed by atoms with Gasteiger partial charge >= 0.3 is 0 Å². The summed E-state index contributed by atoms with van der Waals surface area (Å²) in [6.45, 7) is 0.566. The summed E-state index contributed by atoms with van der Waals surface area (Å²) < 4.78 is 0. The van der Waals surface area contributed by atoms with E-state index in [1.54, 1.807) is 6.08 Å². The zero-order valence-corrected chi connectivity index (χ0v) is 6.69. The molecule has 1 N–H and O–H groups in total. The summed E-state index contributed by atoms with van der Waals surface area (Å²) in [5, 5.41) is 4.39. The van der Waals surface area contributed by atoms with Gasteiger partial charge in [-0.3, -0.25) is 0 Å². The minimum atomic E-state index is 0.459. The van der Waals surface area contributed by atoms with E-state index in [2.05, 4.69) is 5.32 Å². The molecule has 1 aliphatic heterocycles. The van der Waals surface area contributed by atoms with Gasteiger partial charge in [-0.25, -0.2) is 0 Å². The Balaban J connectivity index is 2.83. The fraction of sp³-hybridized carbons (Fsp3) is 0.200. The molecule has 0 saturated carbocycles. The molecule has 50 valence electrons. The van der Waals surface area contributed by atoms with E-state index in [-0.39, 0.29) is 0 Å². The lowest BCUT2D eigenvalue weighted by molar-refractivity contribution is 0.933. The predicted octanol–water partition coefficient (Wildman–Crippen LogP) is 2.36. The standard InChI is InChI=1S/C5H4Cl3N/c6-3-1-4(7)5(8)9-2-3/h1,9H,2H2. The van der Waals surface area contributed by atoms with E-state index < -0.39 is 0 Å². The average Bonchev–Trinajstić information content (AvgIpc) is 1.80. The van der Waals surface area contributed by atoms with Crippen LogP contribution < -0.4 is 5.32 Å². The molecule has 0 atom stereocenters. The van der Waals surface area contributed by atoms with Crippen molar-refractivity contribution in [2.24, 2.45) is 0 Å². The van der Waals surface area contributed by atoms with Crippen LogP contribution in [0.2, 0.25) is 0 Å². The quantitative estimate of drug-likeness (QED) is 0.570. The van der Waals surface area contributed by atoms with Crippen LogP contribution >= 0.6 is 34.8 Å². The van der Waals surface area contributed by atoms with Crippen LogP contribution in [0.4, 0.5) is 0 Å². The van der Waals surface area contributed by atoms with Gasteiger partial charge in [0.05, 0.1) is 11.6 Å². The molecule has 1 heterocycles. The van der Waals surface area contributed by atoms with Crippen LogP contribution in [-0.2, 0) is 0 Å². The molecule has 0 spiro atoms. The van der Waals surface area contributed by atoms with Gasteiger partial charge in [-0.2, -0.15) is 0 Å². The molecule has 1 aliphatic rings. The highest BCUT2D eigenvalue weighted by Gasteiger charge is 2.05. The number of hydrogen-bond acceptors (Lipinski definition) is 1. The van der Waals surface area contributed by atoms with E-state index in [1.807, 2.05) is 0 Å². The van der Waals surface area contributed by atoms with Crippen molar-refractivity contribution in [1.29, 1.82) is 0 Å². The molecule has 0 aromatic rings. The van der Waals surface area contributed by atoms with E-state index in [0.29, 0.717) is 21.8 Å². The third-order valence-corrected chi connectivity index (χ3v) is 1.88. The lowest BCUT2D eigenvalue weighted by Crippen LogP contribution is -2.15. The number of dihydropyridines is 1. The molecule has 0 unspecified atom stereocenters. The van der Waals surface area contributed by atoms with Gasteiger partial charge in [0.25, 0.3) is 0 Å². The third-order valence-electron chi connectivity index (χ3n) is 0.905. The van der Waals surface area contributed by atoms with Crippen molar-refractivity contribution < 1.29 is 0 Å². The van der Waals surface area contributed by atoms with E-state index in [4.69, 9.17) is 34.8 Å². The maximum absolute atomic E-state index is 5.60. The highest BCUT2D eigenvalue weighted by molar-refractivity contribution is 6.41. The summed E-state index contributed by atoms with van der Waals surface area (Å²) in [6, 6.07) is 0. The van der Waals surface area contributed by atoms with E-state index in [1.165, 1.54) is 0 Å². The first-order valence-corrected chi connectivity index (χ1v) is 3.49. The molecular weight excluding hydrogens is 180 g/mol. The maximum atomic E-state index is 5.60. The highest BCUT2D eigenvalue weighted by atomic mass is 35.5. The fourth-order valence-corrected chi connectivity index (χ4v) is 1.05. The van der Waals surface area contributed by atoms with Crippen LogP contribution in [-0.4, -0.2) is 6.54 Å². The Kier molecular flexibility index (Phi) is 2.28. The second kappa shape index (κ2) is 2.82. The number of nitrogens with one attached hydrogen (secondary N) is 1. The molecule has 1 nitrogen and oxygen atoms in total. The highest BCUT2D eigenvalue weighted by Crippen LogP contribution is 2.20. The van der Waals surface area contributed by atoms with Crippen molar-refractivity contribution in [3.8, 4) is 0 Å². The van der Waals surface area contributed by atoms with E-state index in [9.17, 15) is 0 Å². The van der Waals surface area contributed by atoms with Crippen LogP contribution in [0.25, 0.3) is 0 Å². The smallest absolute Gasteiger partial charge is 0.121 e. The molecule has 0 fully saturated rings. The summed E-state index contributed by atoms with van der Waals surface area (Å²) in [6.07, 6.45) is 1.63. The van der Waals surface area contributed by atoms with Gasteiger partial charge in [-0.1, -0.05) is 34.8 Å². The maximum Gasteiger partial charge on any atom is 0.121 e. The van der Waals surface area contributed by atoms with Crippen LogP contribution in [0.15, 0.2) is 21.3 Å². The van der Waals surface area contributed by atoms with Gasteiger partial charge < -0.3 is 5.32 Å². The van der Waals surface area contributed by atoms with E-state index in [0.717, 1.165) is 0 Å². The van der Waals surface area contributed by atoms with E-state index >= 15 is 0 Å². The van der Waals surface area contributed by atoms with Crippen molar-refractivity contribution in [3.05, 3.63) is 21.3 Å². The van der Waals surface area contributed by atoms with Crippen molar-refractivity contribution in [1.82, 2.24) is 5.32 Å². The van der Waals surface area contributed by atoms with Crippen molar-refractivity contribution >= 4 is 34.8 Å². The molecule has 0 aromatic carbocycles. The van der Waals surface area contributed by atoms with Crippen LogP contribution in [0.1, 0.15) is 0 Å². The Bertz CT molecular complexity index is 183. The summed E-state index contributed by atoms with van der Waals surface area (Å²) in [5.74, 6) is 0. The van der Waals surface area contributed by atoms with Crippen LogP contribution in [0.3, 0.4) is 0 Å².